The van der Waals surface area contributed by atoms with E-state index in [9.17, 15) is 5.11 Å². The Morgan fingerprint density at radius 1 is 1.33 bits per heavy atom. The zero-order chi connectivity index (χ0) is 13.4. The van der Waals surface area contributed by atoms with Gasteiger partial charge in [0.2, 0.25) is 0 Å². The summed E-state index contributed by atoms with van der Waals surface area (Å²) in [7, 11) is 0. The molecule has 0 aromatic heterocycles. The molecule has 5 heteroatoms. The van der Waals surface area contributed by atoms with Crippen LogP contribution in [-0.4, -0.2) is 42.1 Å². The number of rotatable bonds is 8. The van der Waals surface area contributed by atoms with Gasteiger partial charge in [-0.1, -0.05) is 22.9 Å². The molecular weight excluding hydrogens is 298 g/mol. The molecule has 1 aromatic carbocycles. The highest BCUT2D eigenvalue weighted by atomic mass is 79.9. The van der Waals surface area contributed by atoms with E-state index >= 15 is 0 Å². The number of aliphatic hydroxyl groups excluding tert-OH is 2. The topological polar surface area (TPSA) is 66.3 Å². The second kappa shape index (κ2) is 8.48. The maximum atomic E-state index is 9.76. The molecule has 0 spiro atoms. The Hall–Kier alpha value is -0.620. The molecule has 2 atom stereocenters. The number of quaternary nitrogens is 1. The molecule has 102 valence electrons. The summed E-state index contributed by atoms with van der Waals surface area (Å²) in [5, 5.41) is 20.7. The van der Waals surface area contributed by atoms with E-state index in [0.29, 0.717) is 6.54 Å². The highest BCUT2D eigenvalue weighted by Crippen LogP contribution is 2.15. The van der Waals surface area contributed by atoms with Crippen LogP contribution < -0.4 is 10.1 Å². The summed E-state index contributed by atoms with van der Waals surface area (Å²) in [4.78, 5) is 0. The van der Waals surface area contributed by atoms with E-state index in [2.05, 4.69) is 15.9 Å². The van der Waals surface area contributed by atoms with Gasteiger partial charge in [0.1, 0.15) is 31.0 Å². The van der Waals surface area contributed by atoms with Crippen LogP contribution in [0.3, 0.4) is 0 Å². The van der Waals surface area contributed by atoms with Crippen molar-refractivity contribution in [1.29, 1.82) is 0 Å². The van der Waals surface area contributed by atoms with E-state index in [0.717, 1.165) is 16.6 Å². The lowest BCUT2D eigenvalue weighted by Crippen LogP contribution is -2.92. The largest absolute Gasteiger partial charge is 0.491 e. The van der Waals surface area contributed by atoms with Crippen molar-refractivity contribution in [2.75, 3.05) is 19.8 Å². The van der Waals surface area contributed by atoms with E-state index in [1.165, 1.54) is 0 Å². The van der Waals surface area contributed by atoms with Crippen LogP contribution in [0, 0.1) is 0 Å². The molecule has 0 bridgehead atoms. The zero-order valence-electron chi connectivity index (χ0n) is 10.6. The lowest BCUT2D eigenvalue weighted by molar-refractivity contribution is -0.696. The van der Waals surface area contributed by atoms with Crippen molar-refractivity contribution in [3.05, 3.63) is 28.7 Å². The van der Waals surface area contributed by atoms with Gasteiger partial charge in [-0.25, -0.2) is 0 Å². The molecule has 4 N–H and O–H groups in total. The minimum Gasteiger partial charge on any atom is -0.491 e. The molecule has 0 fully saturated rings. The molecule has 0 aliphatic carbocycles. The minimum absolute atomic E-state index is 0.136. The summed E-state index contributed by atoms with van der Waals surface area (Å²) >= 11 is 3.35. The molecule has 0 heterocycles. The maximum Gasteiger partial charge on any atom is 0.137 e. The first-order valence-corrected chi connectivity index (χ1v) is 6.95. The van der Waals surface area contributed by atoms with E-state index in [1.807, 2.05) is 36.5 Å². The fraction of sp³-hybridized carbons (Fsp3) is 0.538. The number of aliphatic hydroxyl groups is 2. The molecule has 0 saturated heterocycles. The molecule has 0 aliphatic rings. The second-order valence-corrected chi connectivity index (χ2v) is 5.16. The number of ether oxygens (including phenoxy) is 1. The Balaban J connectivity index is 2.24. The van der Waals surface area contributed by atoms with Crippen LogP contribution in [0.15, 0.2) is 28.7 Å². The van der Waals surface area contributed by atoms with E-state index in [4.69, 9.17) is 9.84 Å². The van der Waals surface area contributed by atoms with Gasteiger partial charge in [0, 0.05) is 4.47 Å². The van der Waals surface area contributed by atoms with Crippen molar-refractivity contribution in [3.8, 4) is 5.75 Å². The van der Waals surface area contributed by atoms with Gasteiger partial charge < -0.3 is 20.3 Å². The summed E-state index contributed by atoms with van der Waals surface area (Å²) in [6.45, 7) is 2.95. The lowest BCUT2D eigenvalue weighted by atomic mass is 10.2. The number of hydrogen-bond donors (Lipinski definition) is 3. The van der Waals surface area contributed by atoms with Gasteiger partial charge in [-0.2, -0.15) is 0 Å². The number of hydrogen-bond acceptors (Lipinski definition) is 3. The van der Waals surface area contributed by atoms with Gasteiger partial charge in [-0.05, 0) is 30.7 Å². The SMILES string of the molecule is CC[C@@H](CO)[NH2+]C[C@H](O)COc1ccc(Br)cc1. The third kappa shape index (κ3) is 5.82. The van der Waals surface area contributed by atoms with Crippen molar-refractivity contribution in [1.82, 2.24) is 0 Å². The average molecular weight is 319 g/mol. The van der Waals surface area contributed by atoms with Crippen molar-refractivity contribution < 1.29 is 20.3 Å². The highest BCUT2D eigenvalue weighted by Gasteiger charge is 2.12. The normalized spacial score (nSPS) is 14.2. The maximum absolute atomic E-state index is 9.76. The summed E-state index contributed by atoms with van der Waals surface area (Å²) < 4.78 is 6.47. The predicted octanol–water partition coefficient (Wildman–Crippen LogP) is 0.523. The van der Waals surface area contributed by atoms with E-state index in [-0.39, 0.29) is 19.3 Å². The van der Waals surface area contributed by atoms with Crippen molar-refractivity contribution in [2.45, 2.75) is 25.5 Å². The average Bonchev–Trinajstić information content (AvgIpc) is 2.39. The fourth-order valence-corrected chi connectivity index (χ4v) is 1.78. The minimum atomic E-state index is -0.533. The van der Waals surface area contributed by atoms with E-state index < -0.39 is 6.10 Å². The summed E-state index contributed by atoms with van der Waals surface area (Å²) in [6.07, 6.45) is 0.353. The molecule has 18 heavy (non-hydrogen) atoms. The third-order valence-corrected chi connectivity index (χ3v) is 3.29. The van der Waals surface area contributed by atoms with Gasteiger partial charge in [0.15, 0.2) is 0 Å². The molecule has 0 aliphatic heterocycles. The van der Waals surface area contributed by atoms with Gasteiger partial charge in [0.05, 0.1) is 6.61 Å². The summed E-state index contributed by atoms with van der Waals surface area (Å²) in [5.74, 6) is 0.742. The molecule has 4 nitrogen and oxygen atoms in total. The molecule has 0 saturated carbocycles. The molecule has 0 radical (unpaired) electrons. The third-order valence-electron chi connectivity index (χ3n) is 2.76. The van der Waals surface area contributed by atoms with Crippen LogP contribution in [-0.2, 0) is 0 Å². The highest BCUT2D eigenvalue weighted by molar-refractivity contribution is 9.10. The lowest BCUT2D eigenvalue weighted by Gasteiger charge is -2.15. The van der Waals surface area contributed by atoms with Crippen LogP contribution in [0.1, 0.15) is 13.3 Å². The molecule has 0 amide bonds. The molecule has 1 rings (SSSR count). The van der Waals surface area contributed by atoms with Crippen LogP contribution in [0.4, 0.5) is 0 Å². The fourth-order valence-electron chi connectivity index (χ4n) is 1.51. The van der Waals surface area contributed by atoms with Gasteiger partial charge in [-0.15, -0.1) is 0 Å². The molecular formula is C13H21BrNO3+. The van der Waals surface area contributed by atoms with E-state index in [1.54, 1.807) is 0 Å². The van der Waals surface area contributed by atoms with Crippen molar-refractivity contribution >= 4 is 15.9 Å². The second-order valence-electron chi connectivity index (χ2n) is 4.24. The van der Waals surface area contributed by atoms with Gasteiger partial charge >= 0.3 is 0 Å². The van der Waals surface area contributed by atoms with Crippen LogP contribution in [0.25, 0.3) is 0 Å². The Morgan fingerprint density at radius 3 is 2.56 bits per heavy atom. The van der Waals surface area contributed by atoms with Gasteiger partial charge in [-0.3, -0.25) is 0 Å². The first kappa shape index (κ1) is 15.4. The monoisotopic (exact) mass is 318 g/mol. The van der Waals surface area contributed by atoms with Crippen LogP contribution in [0.5, 0.6) is 5.75 Å². The summed E-state index contributed by atoms with van der Waals surface area (Å²) in [6, 6.07) is 7.65. The first-order valence-electron chi connectivity index (χ1n) is 6.16. The Morgan fingerprint density at radius 2 is 2.00 bits per heavy atom. The quantitative estimate of drug-likeness (QED) is 0.655. The first-order chi connectivity index (χ1) is 8.65. The molecule has 1 aromatic rings. The number of benzene rings is 1. The Kier molecular flexibility index (Phi) is 7.27. The van der Waals surface area contributed by atoms with Crippen molar-refractivity contribution in [2.24, 2.45) is 0 Å². The molecule has 0 unspecified atom stereocenters. The predicted molar refractivity (Wildman–Crippen MR) is 73.6 cm³/mol. The Labute approximate surface area is 116 Å². The standard InChI is InChI=1S/C13H20BrNO3/c1-2-11(8-16)15-7-12(17)9-18-13-5-3-10(14)4-6-13/h3-6,11-12,15-17H,2,7-9H2,1H3/p+1/t11-,12-/m0/s1. The smallest absolute Gasteiger partial charge is 0.137 e. The van der Waals surface area contributed by atoms with Gasteiger partial charge in [0.25, 0.3) is 0 Å². The number of halogens is 1. The summed E-state index contributed by atoms with van der Waals surface area (Å²) in [5.41, 5.74) is 0. The van der Waals surface area contributed by atoms with Crippen LogP contribution >= 0.6 is 15.9 Å². The van der Waals surface area contributed by atoms with Crippen molar-refractivity contribution in [3.63, 3.8) is 0 Å². The number of nitrogens with two attached hydrogens (primary N) is 1. The zero-order valence-corrected chi connectivity index (χ0v) is 12.1. The Bertz CT molecular complexity index is 328. The van der Waals surface area contributed by atoms with Crippen LogP contribution in [0.2, 0.25) is 0 Å².